The zero-order chi connectivity index (χ0) is 15.9. The highest BCUT2D eigenvalue weighted by molar-refractivity contribution is 7.71. The largest absolute Gasteiger partial charge is 0.350 e. The summed E-state index contributed by atoms with van der Waals surface area (Å²) in [4.78, 5) is 15.2. The molecule has 0 saturated carbocycles. The van der Waals surface area contributed by atoms with Gasteiger partial charge < -0.3 is 14.9 Å². The summed E-state index contributed by atoms with van der Waals surface area (Å²) in [5.74, 6) is -0.731. The maximum Gasteiger partial charge on any atom is 0.243 e. The number of nitrogens with one attached hydrogen (secondary N) is 2. The van der Waals surface area contributed by atoms with Crippen molar-refractivity contribution in [2.75, 3.05) is 0 Å². The van der Waals surface area contributed by atoms with Crippen LogP contribution in [0.4, 0.5) is 4.39 Å². The number of aromatic nitrogens is 2. The molecular weight excluding hydrogens is 313 g/mol. The number of fused-ring (bicyclic) bond motifs is 1. The number of halogens is 2. The SMILES string of the molecule is CC(C(=O)NC(C)(C)C)n1c(=S)[nH]c2cc(Cl)c(F)cc21. The standard InChI is InChI=1S/C14H17ClFN3OS/c1-7(12(20)18-14(2,3)4)19-11-6-9(16)8(15)5-10(11)17-13(19)21/h5-7H,1-4H3,(H,17,21)(H,18,20). The van der Waals surface area contributed by atoms with Gasteiger partial charge in [-0.05, 0) is 46.0 Å². The van der Waals surface area contributed by atoms with Gasteiger partial charge in [-0.15, -0.1) is 0 Å². The molecule has 21 heavy (non-hydrogen) atoms. The average Bonchev–Trinajstić information content (AvgIpc) is 2.62. The van der Waals surface area contributed by atoms with E-state index < -0.39 is 11.9 Å². The third-order valence-corrected chi connectivity index (χ3v) is 3.61. The van der Waals surface area contributed by atoms with E-state index in [4.69, 9.17) is 23.8 Å². The molecule has 0 aliphatic carbocycles. The normalized spacial score (nSPS) is 13.4. The average molecular weight is 330 g/mol. The molecule has 1 aromatic carbocycles. The van der Waals surface area contributed by atoms with Crippen molar-refractivity contribution in [2.45, 2.75) is 39.3 Å². The molecule has 1 amide bonds. The Hall–Kier alpha value is -1.40. The Balaban J connectivity index is 2.51. The van der Waals surface area contributed by atoms with E-state index in [9.17, 15) is 9.18 Å². The molecule has 1 heterocycles. The zero-order valence-electron chi connectivity index (χ0n) is 12.3. The molecule has 1 unspecified atom stereocenters. The molecule has 0 spiro atoms. The molecule has 7 heteroatoms. The molecule has 2 N–H and O–H groups in total. The number of carbonyl (C=O) groups excluding carboxylic acids is 1. The van der Waals surface area contributed by atoms with Crippen LogP contribution in [0.5, 0.6) is 0 Å². The summed E-state index contributed by atoms with van der Waals surface area (Å²) in [6.45, 7) is 7.40. The van der Waals surface area contributed by atoms with E-state index in [2.05, 4.69) is 10.3 Å². The Bertz CT molecular complexity index is 760. The first-order chi connectivity index (χ1) is 9.60. The van der Waals surface area contributed by atoms with Gasteiger partial charge in [0.25, 0.3) is 0 Å². The van der Waals surface area contributed by atoms with Gasteiger partial charge in [0.15, 0.2) is 4.77 Å². The van der Waals surface area contributed by atoms with E-state index in [0.717, 1.165) is 0 Å². The van der Waals surface area contributed by atoms with E-state index in [0.29, 0.717) is 15.8 Å². The molecule has 0 aliphatic rings. The fourth-order valence-electron chi connectivity index (χ4n) is 2.10. The molecule has 0 radical (unpaired) electrons. The van der Waals surface area contributed by atoms with Gasteiger partial charge in [0.2, 0.25) is 5.91 Å². The minimum atomic E-state index is -0.564. The molecule has 4 nitrogen and oxygen atoms in total. The Kier molecular flexibility index (Phi) is 4.13. The number of hydrogen-bond acceptors (Lipinski definition) is 2. The first-order valence-corrected chi connectivity index (χ1v) is 7.30. The second-order valence-corrected chi connectivity index (χ2v) is 6.79. The van der Waals surface area contributed by atoms with E-state index in [-0.39, 0.29) is 16.5 Å². The number of carbonyl (C=O) groups is 1. The van der Waals surface area contributed by atoms with Gasteiger partial charge in [0.05, 0.1) is 16.1 Å². The van der Waals surface area contributed by atoms with Gasteiger partial charge in [0, 0.05) is 11.6 Å². The lowest BCUT2D eigenvalue weighted by Crippen LogP contribution is -2.43. The van der Waals surface area contributed by atoms with Crippen LogP contribution < -0.4 is 5.32 Å². The van der Waals surface area contributed by atoms with E-state index in [1.807, 2.05) is 20.8 Å². The molecule has 0 aliphatic heterocycles. The lowest BCUT2D eigenvalue weighted by atomic mass is 10.1. The van der Waals surface area contributed by atoms with Gasteiger partial charge in [-0.25, -0.2) is 4.39 Å². The smallest absolute Gasteiger partial charge is 0.243 e. The summed E-state index contributed by atoms with van der Waals surface area (Å²) >= 11 is 11.0. The van der Waals surface area contributed by atoms with E-state index >= 15 is 0 Å². The molecule has 2 rings (SSSR count). The summed E-state index contributed by atoms with van der Waals surface area (Å²) in [6, 6.07) is 2.18. The van der Waals surface area contributed by atoms with E-state index in [1.54, 1.807) is 11.5 Å². The molecule has 0 saturated heterocycles. The number of benzene rings is 1. The van der Waals surface area contributed by atoms with Gasteiger partial charge in [-0.1, -0.05) is 11.6 Å². The van der Waals surface area contributed by atoms with Crippen LogP contribution in [-0.4, -0.2) is 21.0 Å². The Morgan fingerprint density at radius 1 is 1.48 bits per heavy atom. The fourth-order valence-corrected chi connectivity index (χ4v) is 2.63. The van der Waals surface area contributed by atoms with Crippen molar-refractivity contribution in [2.24, 2.45) is 0 Å². The first kappa shape index (κ1) is 16.0. The number of imidazole rings is 1. The molecule has 1 aromatic heterocycles. The number of aromatic amines is 1. The first-order valence-electron chi connectivity index (χ1n) is 6.51. The van der Waals surface area contributed by atoms with Crippen LogP contribution >= 0.6 is 23.8 Å². The van der Waals surface area contributed by atoms with Crippen LogP contribution in [0, 0.1) is 10.6 Å². The monoisotopic (exact) mass is 329 g/mol. The van der Waals surface area contributed by atoms with E-state index in [1.165, 1.54) is 12.1 Å². The third-order valence-electron chi connectivity index (χ3n) is 3.02. The van der Waals surface area contributed by atoms with Crippen LogP contribution in [0.25, 0.3) is 11.0 Å². The Labute approximate surface area is 132 Å². The van der Waals surface area contributed by atoms with Crippen LogP contribution in [0.3, 0.4) is 0 Å². The third kappa shape index (κ3) is 3.27. The summed E-state index contributed by atoms with van der Waals surface area (Å²) < 4.78 is 15.6. The van der Waals surface area contributed by atoms with Crippen molar-refractivity contribution in [3.63, 3.8) is 0 Å². The lowest BCUT2D eigenvalue weighted by molar-refractivity contribution is -0.125. The highest BCUT2D eigenvalue weighted by atomic mass is 35.5. The predicted octanol–water partition coefficient (Wildman–Crippen LogP) is 3.97. The second-order valence-electron chi connectivity index (χ2n) is 6.00. The highest BCUT2D eigenvalue weighted by Gasteiger charge is 2.23. The van der Waals surface area contributed by atoms with Crippen molar-refractivity contribution in [3.05, 3.63) is 27.7 Å². The minimum Gasteiger partial charge on any atom is -0.350 e. The quantitative estimate of drug-likeness (QED) is 0.819. The molecule has 0 fully saturated rings. The van der Waals surface area contributed by atoms with Crippen LogP contribution in [0.15, 0.2) is 12.1 Å². The molecule has 114 valence electrons. The molecule has 0 bridgehead atoms. The molecular formula is C14H17ClFN3OS. The van der Waals surface area contributed by atoms with Crippen molar-refractivity contribution in [1.29, 1.82) is 0 Å². The predicted molar refractivity (Wildman–Crippen MR) is 84.7 cm³/mol. The lowest BCUT2D eigenvalue weighted by Gasteiger charge is -2.24. The highest BCUT2D eigenvalue weighted by Crippen LogP contribution is 2.25. The van der Waals surface area contributed by atoms with Crippen molar-refractivity contribution < 1.29 is 9.18 Å². The summed E-state index contributed by atoms with van der Waals surface area (Å²) in [5.41, 5.74) is 0.758. The van der Waals surface area contributed by atoms with Crippen molar-refractivity contribution in [3.8, 4) is 0 Å². The molecule has 2 aromatic rings. The van der Waals surface area contributed by atoms with Gasteiger partial charge >= 0.3 is 0 Å². The van der Waals surface area contributed by atoms with Crippen LogP contribution in [0.1, 0.15) is 33.7 Å². The Morgan fingerprint density at radius 3 is 2.67 bits per heavy atom. The zero-order valence-corrected chi connectivity index (χ0v) is 13.8. The number of nitrogens with zero attached hydrogens (tertiary/aromatic N) is 1. The molecule has 1 atom stereocenters. The summed E-state index contributed by atoms with van der Waals surface area (Å²) in [5, 5.41) is 2.90. The van der Waals surface area contributed by atoms with Crippen molar-refractivity contribution >= 4 is 40.8 Å². The number of rotatable bonds is 2. The maximum absolute atomic E-state index is 13.7. The summed E-state index contributed by atoms with van der Waals surface area (Å²) in [7, 11) is 0. The van der Waals surface area contributed by atoms with Crippen molar-refractivity contribution in [1.82, 2.24) is 14.9 Å². The second kappa shape index (κ2) is 5.42. The maximum atomic E-state index is 13.7. The number of H-pyrrole nitrogens is 1. The van der Waals surface area contributed by atoms with Gasteiger partial charge in [-0.2, -0.15) is 0 Å². The number of hydrogen-bond donors (Lipinski definition) is 2. The Morgan fingerprint density at radius 2 is 2.10 bits per heavy atom. The minimum absolute atomic E-state index is 0.0118. The van der Waals surface area contributed by atoms with Crippen LogP contribution in [0.2, 0.25) is 5.02 Å². The van der Waals surface area contributed by atoms with Gasteiger partial charge in [0.1, 0.15) is 11.9 Å². The summed E-state index contributed by atoms with van der Waals surface area (Å²) in [6.07, 6.45) is 0. The van der Waals surface area contributed by atoms with Gasteiger partial charge in [-0.3, -0.25) is 4.79 Å². The topological polar surface area (TPSA) is 49.8 Å². The number of amides is 1. The fraction of sp³-hybridized carbons (Fsp3) is 0.429. The van der Waals surface area contributed by atoms with Crippen LogP contribution in [-0.2, 0) is 4.79 Å².